The van der Waals surface area contributed by atoms with Crippen LogP contribution in [0.5, 0.6) is 11.5 Å². The minimum absolute atomic E-state index is 0.0221. The molecule has 1 N–H and O–H groups in total. The molecule has 0 bridgehead atoms. The number of hydrogen-bond donors (Lipinski definition) is 1. The highest BCUT2D eigenvalue weighted by Crippen LogP contribution is 2.29. The molecule has 2 aromatic rings. The Morgan fingerprint density at radius 2 is 1.88 bits per heavy atom. The molecule has 0 atom stereocenters. The van der Waals surface area contributed by atoms with Crippen LogP contribution in [0, 0.1) is 0 Å². The molecule has 138 valence electrons. The van der Waals surface area contributed by atoms with Crippen molar-refractivity contribution in [2.45, 2.75) is 20.0 Å². The number of alkyl halides is 2. The average molecular weight is 361 g/mol. The number of rotatable bonds is 8. The number of nitrogens with one attached hydrogen (secondary N) is 1. The van der Waals surface area contributed by atoms with Gasteiger partial charge in [-0.2, -0.15) is 8.78 Å². The number of methoxy groups -OCH3 is 1. The third-order valence-electron chi connectivity index (χ3n) is 3.73. The third kappa shape index (κ3) is 5.88. The van der Waals surface area contributed by atoms with E-state index in [4.69, 9.17) is 4.74 Å². The molecule has 0 heterocycles. The molecule has 0 saturated heterocycles. The number of hydrogen-bond acceptors (Lipinski definition) is 3. The van der Waals surface area contributed by atoms with Gasteiger partial charge in [-0.25, -0.2) is 0 Å². The Bertz CT molecular complexity index is 761. The molecule has 0 radical (unpaired) electrons. The normalized spacial score (nSPS) is 11.3. The van der Waals surface area contributed by atoms with Crippen molar-refractivity contribution in [3.63, 3.8) is 0 Å². The van der Waals surface area contributed by atoms with Gasteiger partial charge in [0.15, 0.2) is 11.5 Å². The molecule has 26 heavy (non-hydrogen) atoms. The maximum atomic E-state index is 12.4. The highest BCUT2D eigenvalue weighted by molar-refractivity contribution is 5.94. The highest BCUT2D eigenvalue weighted by Gasteiger charge is 2.11. The van der Waals surface area contributed by atoms with Gasteiger partial charge in [0, 0.05) is 12.6 Å². The highest BCUT2D eigenvalue weighted by atomic mass is 19.3. The Hall–Kier alpha value is -2.89. The smallest absolute Gasteiger partial charge is 0.387 e. The molecular formula is C20H21F2NO3. The minimum Gasteiger partial charge on any atom is -0.493 e. The standard InChI is InChI=1S/C20H21F2NO3/c1-14(16-6-4-3-5-7-16)12-19(24)23-11-10-15-8-9-17(25-2)18(13-15)26-20(21)22/h3-9,12-13,20H,10-11H2,1-2H3,(H,23,24)/b14-12-. The molecule has 0 aliphatic carbocycles. The maximum absolute atomic E-state index is 12.4. The first-order valence-electron chi connectivity index (χ1n) is 8.13. The SMILES string of the molecule is COc1ccc(CCNC(=O)/C=C(/C)c2ccccc2)cc1OC(F)F. The fourth-order valence-corrected chi connectivity index (χ4v) is 2.43. The number of amides is 1. The summed E-state index contributed by atoms with van der Waals surface area (Å²) in [6, 6.07) is 14.4. The second-order valence-electron chi connectivity index (χ2n) is 5.60. The van der Waals surface area contributed by atoms with Crippen molar-refractivity contribution in [1.29, 1.82) is 0 Å². The van der Waals surface area contributed by atoms with Gasteiger partial charge in [0.05, 0.1) is 7.11 Å². The predicted octanol–water partition coefficient (Wildman–Crippen LogP) is 4.06. The van der Waals surface area contributed by atoms with Crippen molar-refractivity contribution in [2.24, 2.45) is 0 Å². The molecule has 1 amide bonds. The lowest BCUT2D eigenvalue weighted by Crippen LogP contribution is -2.23. The van der Waals surface area contributed by atoms with Crippen LogP contribution in [-0.2, 0) is 11.2 Å². The van der Waals surface area contributed by atoms with E-state index in [0.29, 0.717) is 13.0 Å². The summed E-state index contributed by atoms with van der Waals surface area (Å²) in [7, 11) is 1.38. The quantitative estimate of drug-likeness (QED) is 0.722. The largest absolute Gasteiger partial charge is 0.493 e. The van der Waals surface area contributed by atoms with Crippen LogP contribution in [0.2, 0.25) is 0 Å². The molecule has 0 aliphatic rings. The van der Waals surface area contributed by atoms with Crippen molar-refractivity contribution in [3.05, 3.63) is 65.7 Å². The maximum Gasteiger partial charge on any atom is 0.387 e. The first kappa shape index (κ1) is 19.4. The Kier molecular flexibility index (Phi) is 7.14. The Balaban J connectivity index is 1.92. The number of carbonyl (C=O) groups is 1. The van der Waals surface area contributed by atoms with E-state index in [9.17, 15) is 13.6 Å². The van der Waals surface area contributed by atoms with E-state index in [0.717, 1.165) is 16.7 Å². The summed E-state index contributed by atoms with van der Waals surface area (Å²) in [5.41, 5.74) is 2.59. The Labute approximate surface area is 151 Å². The molecule has 0 spiro atoms. The van der Waals surface area contributed by atoms with Crippen molar-refractivity contribution in [2.75, 3.05) is 13.7 Å². The van der Waals surface area contributed by atoms with Gasteiger partial charge in [0.1, 0.15) is 0 Å². The molecule has 6 heteroatoms. The summed E-state index contributed by atoms with van der Waals surface area (Å²) < 4.78 is 34.3. The van der Waals surface area contributed by atoms with E-state index in [1.807, 2.05) is 37.3 Å². The fraction of sp³-hybridized carbons (Fsp3) is 0.250. The summed E-state index contributed by atoms with van der Waals surface area (Å²) in [5.74, 6) is 0.00886. The minimum atomic E-state index is -2.93. The molecule has 0 aliphatic heterocycles. The van der Waals surface area contributed by atoms with Crippen LogP contribution in [-0.4, -0.2) is 26.2 Å². The molecule has 4 nitrogen and oxygen atoms in total. The van der Waals surface area contributed by atoms with E-state index >= 15 is 0 Å². The number of carbonyl (C=O) groups excluding carboxylic acids is 1. The molecule has 2 aromatic carbocycles. The van der Waals surface area contributed by atoms with E-state index in [2.05, 4.69) is 10.1 Å². The van der Waals surface area contributed by atoms with Crippen LogP contribution in [0.15, 0.2) is 54.6 Å². The fourth-order valence-electron chi connectivity index (χ4n) is 2.43. The summed E-state index contributed by atoms with van der Waals surface area (Å²) >= 11 is 0. The van der Waals surface area contributed by atoms with Gasteiger partial charge < -0.3 is 14.8 Å². The van der Waals surface area contributed by atoms with Gasteiger partial charge in [0.2, 0.25) is 5.91 Å². The van der Waals surface area contributed by atoms with Crippen LogP contribution in [0.3, 0.4) is 0 Å². The summed E-state index contributed by atoms with van der Waals surface area (Å²) in [5, 5.41) is 2.79. The monoisotopic (exact) mass is 361 g/mol. The lowest BCUT2D eigenvalue weighted by Gasteiger charge is -2.11. The second-order valence-corrected chi connectivity index (χ2v) is 5.60. The zero-order valence-corrected chi connectivity index (χ0v) is 14.7. The Morgan fingerprint density at radius 1 is 1.15 bits per heavy atom. The van der Waals surface area contributed by atoms with E-state index in [1.54, 1.807) is 12.1 Å². The van der Waals surface area contributed by atoms with Crippen molar-refractivity contribution >= 4 is 11.5 Å². The van der Waals surface area contributed by atoms with E-state index in [-0.39, 0.29) is 17.4 Å². The summed E-state index contributed by atoms with van der Waals surface area (Å²) in [4.78, 5) is 12.0. The molecule has 0 saturated carbocycles. The predicted molar refractivity (Wildman–Crippen MR) is 96.4 cm³/mol. The first-order chi connectivity index (χ1) is 12.5. The van der Waals surface area contributed by atoms with Crippen LogP contribution >= 0.6 is 0 Å². The second kappa shape index (κ2) is 9.56. The van der Waals surface area contributed by atoms with E-state index < -0.39 is 6.61 Å². The summed E-state index contributed by atoms with van der Waals surface area (Å²) in [6.07, 6.45) is 2.02. The summed E-state index contributed by atoms with van der Waals surface area (Å²) in [6.45, 7) is -0.686. The van der Waals surface area contributed by atoms with Crippen molar-refractivity contribution in [1.82, 2.24) is 5.32 Å². The molecule has 0 unspecified atom stereocenters. The van der Waals surface area contributed by atoms with Crippen LogP contribution < -0.4 is 14.8 Å². The molecular weight excluding hydrogens is 340 g/mol. The van der Waals surface area contributed by atoms with Crippen LogP contribution in [0.1, 0.15) is 18.1 Å². The molecule has 2 rings (SSSR count). The number of halogens is 2. The van der Waals surface area contributed by atoms with Gasteiger partial charge in [-0.15, -0.1) is 0 Å². The molecule has 0 fully saturated rings. The first-order valence-corrected chi connectivity index (χ1v) is 8.13. The number of allylic oxidation sites excluding steroid dienone is 1. The average Bonchev–Trinajstić information content (AvgIpc) is 2.62. The van der Waals surface area contributed by atoms with Crippen LogP contribution in [0.25, 0.3) is 5.57 Å². The van der Waals surface area contributed by atoms with Gasteiger partial charge >= 0.3 is 6.61 Å². The van der Waals surface area contributed by atoms with Crippen LogP contribution in [0.4, 0.5) is 8.78 Å². The van der Waals surface area contributed by atoms with Gasteiger partial charge in [0.25, 0.3) is 0 Å². The Morgan fingerprint density at radius 3 is 2.54 bits per heavy atom. The molecule has 0 aromatic heterocycles. The lowest BCUT2D eigenvalue weighted by atomic mass is 10.1. The topological polar surface area (TPSA) is 47.6 Å². The number of benzene rings is 2. The number of ether oxygens (including phenoxy) is 2. The van der Waals surface area contributed by atoms with Gasteiger partial charge in [-0.3, -0.25) is 4.79 Å². The van der Waals surface area contributed by atoms with Gasteiger partial charge in [-0.1, -0.05) is 36.4 Å². The zero-order valence-electron chi connectivity index (χ0n) is 14.7. The third-order valence-corrected chi connectivity index (χ3v) is 3.73. The van der Waals surface area contributed by atoms with Gasteiger partial charge in [-0.05, 0) is 42.2 Å². The van der Waals surface area contributed by atoms with E-state index in [1.165, 1.54) is 19.3 Å². The van der Waals surface area contributed by atoms with Crippen molar-refractivity contribution in [3.8, 4) is 11.5 Å². The van der Waals surface area contributed by atoms with Crippen molar-refractivity contribution < 1.29 is 23.0 Å². The zero-order chi connectivity index (χ0) is 18.9. The lowest BCUT2D eigenvalue weighted by molar-refractivity contribution is -0.116.